The predicted molar refractivity (Wildman–Crippen MR) is 69.6 cm³/mol. The molecule has 0 spiro atoms. The second-order valence-electron chi connectivity index (χ2n) is 4.26. The van der Waals surface area contributed by atoms with Crippen molar-refractivity contribution in [1.29, 1.82) is 0 Å². The molecule has 0 N–H and O–H groups in total. The molecule has 19 heavy (non-hydrogen) atoms. The first-order chi connectivity index (χ1) is 9.20. The van der Waals surface area contributed by atoms with Gasteiger partial charge in [-0.3, -0.25) is 19.3 Å². The Hall–Kier alpha value is -2.40. The molecule has 0 aliphatic carbocycles. The van der Waals surface area contributed by atoms with Crippen LogP contribution in [0, 0.1) is 0 Å². The fraction of sp³-hybridized carbons (Fsp3) is 0.143. The van der Waals surface area contributed by atoms with E-state index in [1.165, 1.54) is 12.1 Å². The summed E-state index contributed by atoms with van der Waals surface area (Å²) in [5.41, 5.74) is 1.39. The summed E-state index contributed by atoms with van der Waals surface area (Å²) >= 11 is 0. The summed E-state index contributed by atoms with van der Waals surface area (Å²) in [5.74, 6) is -0.580. The number of rotatable bonds is 1. The van der Waals surface area contributed by atoms with E-state index in [4.69, 9.17) is 4.84 Å². The highest BCUT2D eigenvalue weighted by atomic mass is 16.7. The third kappa shape index (κ3) is 1.75. The van der Waals surface area contributed by atoms with E-state index in [1.54, 1.807) is 24.4 Å². The van der Waals surface area contributed by atoms with Crippen LogP contribution < -0.4 is 5.06 Å². The van der Waals surface area contributed by atoms with Crippen LogP contribution >= 0.6 is 0 Å². The zero-order valence-corrected chi connectivity index (χ0v) is 10.4. The highest BCUT2D eigenvalue weighted by Crippen LogP contribution is 2.31. The maximum absolute atomic E-state index is 12.1. The van der Waals surface area contributed by atoms with Crippen molar-refractivity contribution in [2.45, 2.75) is 0 Å². The Balaban J connectivity index is 2.10. The molecule has 2 heterocycles. The number of fused-ring (bicyclic) bond motifs is 1. The molecule has 5 heteroatoms. The summed E-state index contributed by atoms with van der Waals surface area (Å²) in [7, 11) is 1.48. The summed E-state index contributed by atoms with van der Waals surface area (Å²) in [6, 6.07) is 5.16. The van der Waals surface area contributed by atoms with Crippen molar-refractivity contribution in [3.05, 3.63) is 53.8 Å². The molecule has 2 amide bonds. The molecule has 0 atom stereocenters. The van der Waals surface area contributed by atoms with E-state index in [0.29, 0.717) is 23.4 Å². The molecule has 0 aromatic heterocycles. The summed E-state index contributed by atoms with van der Waals surface area (Å²) in [4.78, 5) is 30.7. The van der Waals surface area contributed by atoms with Crippen molar-refractivity contribution < 1.29 is 14.4 Å². The average Bonchev–Trinajstić information content (AvgIpc) is 2.68. The standard InChI is InChI=1S/C14H12N2O3/c1-15-13(17)10-6-5-7-11(12(10)14(15)18)16-8-3-2-4-9-19-16/h2-8H,9H2,1H3. The molecule has 0 unspecified atom stereocenters. The van der Waals surface area contributed by atoms with Crippen LogP contribution in [-0.4, -0.2) is 30.4 Å². The fourth-order valence-electron chi connectivity index (χ4n) is 2.15. The number of imide groups is 1. The van der Waals surface area contributed by atoms with E-state index >= 15 is 0 Å². The smallest absolute Gasteiger partial charge is 0.263 e. The molecule has 0 radical (unpaired) electrons. The normalized spacial score (nSPS) is 17.9. The molecule has 2 aliphatic rings. The molecular weight excluding hydrogens is 244 g/mol. The molecule has 2 aliphatic heterocycles. The Morgan fingerprint density at radius 3 is 2.84 bits per heavy atom. The summed E-state index contributed by atoms with van der Waals surface area (Å²) in [5, 5.41) is 1.52. The summed E-state index contributed by atoms with van der Waals surface area (Å²) in [6.45, 7) is 0.411. The van der Waals surface area contributed by atoms with Gasteiger partial charge in [0.05, 0.1) is 23.4 Å². The number of carbonyl (C=O) groups excluding carboxylic acids is 2. The Morgan fingerprint density at radius 1 is 1.16 bits per heavy atom. The first-order valence-corrected chi connectivity index (χ1v) is 5.91. The number of hydrogen-bond acceptors (Lipinski definition) is 4. The topological polar surface area (TPSA) is 49.9 Å². The number of hydrogen-bond donors (Lipinski definition) is 0. The van der Waals surface area contributed by atoms with Gasteiger partial charge in [0.1, 0.15) is 0 Å². The van der Waals surface area contributed by atoms with E-state index in [1.807, 2.05) is 18.2 Å². The third-order valence-electron chi connectivity index (χ3n) is 3.11. The number of allylic oxidation sites excluding steroid dienone is 2. The lowest BCUT2D eigenvalue weighted by atomic mass is 10.1. The van der Waals surface area contributed by atoms with Gasteiger partial charge in [0.15, 0.2) is 0 Å². The predicted octanol–water partition coefficient (Wildman–Crippen LogP) is 1.73. The molecule has 3 rings (SSSR count). The minimum Gasteiger partial charge on any atom is -0.277 e. The maximum atomic E-state index is 12.1. The van der Waals surface area contributed by atoms with Crippen molar-refractivity contribution in [2.75, 3.05) is 18.7 Å². The van der Waals surface area contributed by atoms with Gasteiger partial charge in [-0.2, -0.15) is 0 Å². The van der Waals surface area contributed by atoms with E-state index in [-0.39, 0.29) is 11.8 Å². The van der Waals surface area contributed by atoms with Crippen molar-refractivity contribution in [3.8, 4) is 0 Å². The van der Waals surface area contributed by atoms with Crippen molar-refractivity contribution in [1.82, 2.24) is 4.90 Å². The minimum atomic E-state index is -0.301. The maximum Gasteiger partial charge on any atom is 0.263 e. The highest BCUT2D eigenvalue weighted by molar-refractivity contribution is 6.23. The van der Waals surface area contributed by atoms with E-state index in [9.17, 15) is 9.59 Å². The molecule has 1 aromatic rings. The summed E-state index contributed by atoms with van der Waals surface area (Å²) in [6.07, 6.45) is 7.26. The molecule has 0 saturated carbocycles. The molecule has 96 valence electrons. The molecular formula is C14H12N2O3. The largest absolute Gasteiger partial charge is 0.277 e. The lowest BCUT2D eigenvalue weighted by Gasteiger charge is -2.20. The van der Waals surface area contributed by atoms with Crippen LogP contribution in [0.1, 0.15) is 20.7 Å². The Labute approximate surface area is 110 Å². The number of anilines is 1. The Morgan fingerprint density at radius 2 is 2.00 bits per heavy atom. The lowest BCUT2D eigenvalue weighted by Crippen LogP contribution is -2.25. The van der Waals surface area contributed by atoms with Crippen LogP contribution in [0.15, 0.2) is 42.6 Å². The fourth-order valence-corrected chi connectivity index (χ4v) is 2.15. The second kappa shape index (κ2) is 4.37. The van der Waals surface area contributed by atoms with Crippen molar-refractivity contribution in [3.63, 3.8) is 0 Å². The van der Waals surface area contributed by atoms with Crippen LogP contribution in [0.4, 0.5) is 5.69 Å². The molecule has 0 saturated heterocycles. The van der Waals surface area contributed by atoms with E-state index < -0.39 is 0 Å². The van der Waals surface area contributed by atoms with Gasteiger partial charge in [0, 0.05) is 13.2 Å². The number of benzene rings is 1. The highest BCUT2D eigenvalue weighted by Gasteiger charge is 2.36. The zero-order valence-electron chi connectivity index (χ0n) is 10.4. The number of hydroxylamine groups is 1. The van der Waals surface area contributed by atoms with Gasteiger partial charge in [-0.25, -0.2) is 5.06 Å². The number of amides is 2. The molecule has 1 aromatic carbocycles. The van der Waals surface area contributed by atoms with Gasteiger partial charge in [-0.1, -0.05) is 18.2 Å². The first-order valence-electron chi connectivity index (χ1n) is 5.91. The SMILES string of the molecule is CN1C(=O)c2cccc(N3C=CC=CCO3)c2C1=O. The quantitative estimate of drug-likeness (QED) is 0.718. The molecule has 0 bridgehead atoms. The Bertz CT molecular complexity index is 619. The van der Waals surface area contributed by atoms with Crippen LogP contribution in [0.3, 0.4) is 0 Å². The summed E-state index contributed by atoms with van der Waals surface area (Å²) < 4.78 is 0. The second-order valence-corrected chi connectivity index (χ2v) is 4.26. The zero-order chi connectivity index (χ0) is 13.4. The van der Waals surface area contributed by atoms with Gasteiger partial charge in [0.2, 0.25) is 0 Å². The van der Waals surface area contributed by atoms with Gasteiger partial charge in [-0.15, -0.1) is 0 Å². The lowest BCUT2D eigenvalue weighted by molar-refractivity contribution is 0.0692. The number of nitrogens with zero attached hydrogens (tertiary/aromatic N) is 2. The van der Waals surface area contributed by atoms with Crippen LogP contribution in [0.25, 0.3) is 0 Å². The van der Waals surface area contributed by atoms with E-state index in [0.717, 1.165) is 4.90 Å². The van der Waals surface area contributed by atoms with Crippen molar-refractivity contribution in [2.24, 2.45) is 0 Å². The van der Waals surface area contributed by atoms with Gasteiger partial charge in [0.25, 0.3) is 11.8 Å². The van der Waals surface area contributed by atoms with Gasteiger partial charge >= 0.3 is 0 Å². The van der Waals surface area contributed by atoms with Crippen molar-refractivity contribution >= 4 is 17.5 Å². The first kappa shape index (κ1) is 11.7. The monoisotopic (exact) mass is 256 g/mol. The third-order valence-corrected chi connectivity index (χ3v) is 3.11. The molecule has 5 nitrogen and oxygen atoms in total. The molecule has 0 fully saturated rings. The van der Waals surface area contributed by atoms with Crippen LogP contribution in [0.5, 0.6) is 0 Å². The Kier molecular flexibility index (Phi) is 2.68. The number of carbonyl (C=O) groups is 2. The average molecular weight is 256 g/mol. The van der Waals surface area contributed by atoms with E-state index in [2.05, 4.69) is 0 Å². The minimum absolute atomic E-state index is 0.279. The van der Waals surface area contributed by atoms with Crippen LogP contribution in [-0.2, 0) is 4.84 Å². The van der Waals surface area contributed by atoms with Gasteiger partial charge in [-0.05, 0) is 18.2 Å². The van der Waals surface area contributed by atoms with Crippen LogP contribution in [0.2, 0.25) is 0 Å². The van der Waals surface area contributed by atoms with Gasteiger partial charge < -0.3 is 0 Å².